The molecule has 0 aromatic carbocycles. The van der Waals surface area contributed by atoms with Gasteiger partial charge in [0.05, 0.1) is 17.8 Å². The maximum absolute atomic E-state index is 15.5. The fourth-order valence-corrected chi connectivity index (χ4v) is 8.81. The second-order valence-corrected chi connectivity index (χ2v) is 11.2. The molecule has 4 fully saturated rings. The average molecular weight is 536 g/mol. The molecule has 5 rings (SSSR count). The number of amides is 1. The second kappa shape index (κ2) is 11.0. The Bertz CT molecular complexity index is 1030. The van der Waals surface area contributed by atoms with Gasteiger partial charge in [-0.25, -0.2) is 13.6 Å². The maximum Gasteiger partial charge on any atom is 0.414 e. The van der Waals surface area contributed by atoms with Gasteiger partial charge in [0, 0.05) is 24.4 Å². The quantitative estimate of drug-likeness (QED) is 0.475. The Hall–Kier alpha value is -2.35. The topological polar surface area (TPSA) is 83.9 Å². The first-order valence-corrected chi connectivity index (χ1v) is 14.0. The van der Waals surface area contributed by atoms with Crippen LogP contribution in [0.5, 0.6) is 0 Å². The zero-order valence-corrected chi connectivity index (χ0v) is 23.5. The summed E-state index contributed by atoms with van der Waals surface area (Å²) in [5.41, 5.74) is -2.36. The van der Waals surface area contributed by atoms with E-state index >= 15 is 4.39 Å². The number of ether oxygens (including phenoxy) is 1. The van der Waals surface area contributed by atoms with Crippen molar-refractivity contribution in [3.05, 3.63) is 36.6 Å². The summed E-state index contributed by atoms with van der Waals surface area (Å²) in [7, 11) is 0. The minimum absolute atomic E-state index is 0.0140. The van der Waals surface area contributed by atoms with E-state index in [0.717, 1.165) is 6.26 Å². The van der Waals surface area contributed by atoms with Gasteiger partial charge in [0.15, 0.2) is 11.6 Å². The van der Waals surface area contributed by atoms with E-state index < -0.39 is 47.1 Å². The molecule has 5 aliphatic rings. The van der Waals surface area contributed by atoms with Gasteiger partial charge >= 0.3 is 6.09 Å². The molecule has 2 unspecified atom stereocenters. The molecule has 1 aliphatic heterocycles. The van der Waals surface area contributed by atoms with E-state index in [2.05, 4.69) is 6.58 Å². The number of ketones is 2. The van der Waals surface area contributed by atoms with Crippen molar-refractivity contribution in [2.75, 3.05) is 19.8 Å². The average Bonchev–Trinajstić information content (AvgIpc) is 3.40. The van der Waals surface area contributed by atoms with Crippen LogP contribution in [0.1, 0.15) is 60.8 Å². The molecule has 0 aromatic rings. The fraction of sp³-hybridized carbons (Fsp3) is 0.700. The summed E-state index contributed by atoms with van der Waals surface area (Å²) in [6.45, 7) is 14.3. The number of halogens is 2. The van der Waals surface area contributed by atoms with Gasteiger partial charge in [-0.2, -0.15) is 0 Å². The van der Waals surface area contributed by atoms with E-state index in [1.165, 1.54) is 17.1 Å². The number of nitrogens with zero attached hydrogens (tertiary/aromatic N) is 1. The van der Waals surface area contributed by atoms with Gasteiger partial charge in [-0.1, -0.05) is 54.2 Å². The Kier molecular flexibility index (Phi) is 8.76. The monoisotopic (exact) mass is 535 g/mol. The van der Waals surface area contributed by atoms with Crippen molar-refractivity contribution in [3.8, 4) is 0 Å². The molecule has 1 amide bonds. The normalized spacial score (nSPS) is 42.1. The van der Waals surface area contributed by atoms with E-state index in [1.54, 1.807) is 6.08 Å². The lowest BCUT2D eigenvalue weighted by Gasteiger charge is -2.60. The molecule has 6 nitrogen and oxygen atoms in total. The van der Waals surface area contributed by atoms with Crippen LogP contribution in [0.2, 0.25) is 0 Å². The van der Waals surface area contributed by atoms with Gasteiger partial charge in [0.2, 0.25) is 0 Å². The molecule has 0 aromatic heterocycles. The van der Waals surface area contributed by atoms with Crippen molar-refractivity contribution >= 4 is 17.7 Å². The molecule has 0 radical (unpaired) electrons. The summed E-state index contributed by atoms with van der Waals surface area (Å²) in [5.74, 6) is -1.80. The first kappa shape index (κ1) is 30.2. The van der Waals surface area contributed by atoms with E-state index in [4.69, 9.17) is 4.74 Å². The Labute approximate surface area is 225 Å². The molecule has 1 heterocycles. The molecule has 9 atom stereocenters. The van der Waals surface area contributed by atoms with Crippen LogP contribution in [0.15, 0.2) is 36.6 Å². The third-order valence-electron chi connectivity index (χ3n) is 10.1. The first-order chi connectivity index (χ1) is 18.0. The smallest absolute Gasteiger partial charge is 0.414 e. The van der Waals surface area contributed by atoms with Crippen LogP contribution in [0.4, 0.5) is 13.6 Å². The third-order valence-corrected chi connectivity index (χ3v) is 10.1. The number of carbonyl (C=O) groups is 3. The van der Waals surface area contributed by atoms with Crippen LogP contribution in [0.3, 0.4) is 0 Å². The first-order valence-electron chi connectivity index (χ1n) is 14.0. The molecule has 4 aliphatic carbocycles. The summed E-state index contributed by atoms with van der Waals surface area (Å²) in [5, 5.41) is 11.5. The lowest BCUT2D eigenvalue weighted by Crippen LogP contribution is -2.61. The van der Waals surface area contributed by atoms with Crippen molar-refractivity contribution in [3.63, 3.8) is 0 Å². The SMILES string of the molecule is C=COC(=O)N1C[C@@H]2CC3[C@@H]4C[C@H](F)C5=CC(=O)C=C[C@]5(C)C4[C@@H](O)C[C@]3(C)[C@]2(C(=O)CF)C1.CC.CC. The van der Waals surface area contributed by atoms with E-state index in [0.29, 0.717) is 12.0 Å². The lowest BCUT2D eigenvalue weighted by molar-refractivity contribution is -0.160. The summed E-state index contributed by atoms with van der Waals surface area (Å²) < 4.78 is 34.5. The highest BCUT2D eigenvalue weighted by molar-refractivity contribution is 6.01. The number of carbonyl (C=O) groups excluding carboxylic acids is 3. The molecule has 3 saturated carbocycles. The largest absolute Gasteiger partial charge is 0.419 e. The van der Waals surface area contributed by atoms with Gasteiger partial charge in [-0.05, 0) is 60.2 Å². The van der Waals surface area contributed by atoms with E-state index in [9.17, 15) is 23.9 Å². The predicted octanol–water partition coefficient (Wildman–Crippen LogP) is 5.61. The summed E-state index contributed by atoms with van der Waals surface area (Å²) in [4.78, 5) is 39.1. The Morgan fingerprint density at radius 3 is 2.50 bits per heavy atom. The standard InChI is InChI=1S/C26H31F2NO5.2C2H6/c1-4-34-23(33)29-12-14-7-17-16-9-19(28)18-8-15(30)5-6-24(18,2)22(16)20(31)10-25(17,3)26(14,13-29)21(32)11-27;2*1-2/h4-6,8,14,16-17,19-20,22,31H,1,7,9-13H2,2-3H3;2*1-2H3/t14-,16-,17?,19-,20-,22?,24-,25-,26+;;/m0../s1. The summed E-state index contributed by atoms with van der Waals surface area (Å²) >= 11 is 0. The number of rotatable bonds is 3. The minimum atomic E-state index is -1.33. The second-order valence-electron chi connectivity index (χ2n) is 11.2. The zero-order valence-electron chi connectivity index (χ0n) is 23.5. The highest BCUT2D eigenvalue weighted by Crippen LogP contribution is 2.72. The summed E-state index contributed by atoms with van der Waals surface area (Å²) in [6, 6.07) is 0. The van der Waals surface area contributed by atoms with E-state index in [-0.39, 0.29) is 55.4 Å². The van der Waals surface area contributed by atoms with Crippen LogP contribution in [-0.2, 0) is 14.3 Å². The maximum atomic E-state index is 15.5. The number of hydrogen-bond acceptors (Lipinski definition) is 5. The number of aliphatic hydroxyl groups excluding tert-OH is 1. The molecule has 8 heteroatoms. The molecule has 0 spiro atoms. The minimum Gasteiger partial charge on any atom is -0.419 e. The van der Waals surface area contributed by atoms with Crippen molar-refractivity contribution in [2.24, 2.45) is 39.9 Å². The zero-order chi connectivity index (χ0) is 28.6. The van der Waals surface area contributed by atoms with Gasteiger partial charge in [0.1, 0.15) is 12.8 Å². The van der Waals surface area contributed by atoms with E-state index in [1.807, 2.05) is 41.5 Å². The molecule has 0 bridgehead atoms. The highest BCUT2D eigenvalue weighted by atomic mass is 19.1. The van der Waals surface area contributed by atoms with Gasteiger partial charge < -0.3 is 14.7 Å². The van der Waals surface area contributed by atoms with Gasteiger partial charge in [-0.3, -0.25) is 9.59 Å². The number of fused-ring (bicyclic) bond motifs is 7. The molecule has 1 saturated heterocycles. The molecule has 38 heavy (non-hydrogen) atoms. The Balaban J connectivity index is 0.000000956. The van der Waals surface area contributed by atoms with Crippen molar-refractivity contribution in [2.45, 2.75) is 73.1 Å². The van der Waals surface area contributed by atoms with Crippen molar-refractivity contribution in [1.29, 1.82) is 0 Å². The lowest BCUT2D eigenvalue weighted by atomic mass is 9.44. The van der Waals surface area contributed by atoms with Crippen LogP contribution in [0, 0.1) is 39.9 Å². The van der Waals surface area contributed by atoms with Crippen LogP contribution < -0.4 is 0 Å². The number of hydrogen-bond donors (Lipinski definition) is 1. The van der Waals surface area contributed by atoms with Gasteiger partial charge in [-0.15, -0.1) is 0 Å². The number of alkyl halides is 2. The fourth-order valence-electron chi connectivity index (χ4n) is 8.81. The highest BCUT2D eigenvalue weighted by Gasteiger charge is 2.74. The number of Topliss-reactive ketones (excluding diaryl/α,β-unsaturated/α-hetero) is 1. The van der Waals surface area contributed by atoms with Crippen LogP contribution >= 0.6 is 0 Å². The van der Waals surface area contributed by atoms with Gasteiger partial charge in [0.25, 0.3) is 0 Å². The molecule has 1 N–H and O–H groups in total. The van der Waals surface area contributed by atoms with Crippen molar-refractivity contribution in [1.82, 2.24) is 4.90 Å². The number of likely N-dealkylation sites (tertiary alicyclic amines) is 1. The molecular weight excluding hydrogens is 492 g/mol. The van der Waals surface area contributed by atoms with Crippen LogP contribution in [0.25, 0.3) is 0 Å². The number of aliphatic hydroxyl groups is 1. The molecular formula is C30H43F2NO5. The Morgan fingerprint density at radius 1 is 1.24 bits per heavy atom. The predicted molar refractivity (Wildman–Crippen MR) is 142 cm³/mol. The third kappa shape index (κ3) is 4.09. The van der Waals surface area contributed by atoms with Crippen molar-refractivity contribution < 1.29 is 33.0 Å². The van der Waals surface area contributed by atoms with Crippen LogP contribution in [-0.4, -0.2) is 59.7 Å². The molecule has 212 valence electrons. The summed E-state index contributed by atoms with van der Waals surface area (Å²) in [6.07, 6.45) is 3.66. The Morgan fingerprint density at radius 2 is 1.89 bits per heavy atom. The number of allylic oxidation sites excluding steroid dienone is 4.